The number of hydrogen-bond donors (Lipinski definition) is 2. The number of nitrogens with zero attached hydrogens (tertiary/aromatic N) is 2. The highest BCUT2D eigenvalue weighted by Crippen LogP contribution is 2.21. The van der Waals surface area contributed by atoms with Crippen molar-refractivity contribution >= 4 is 17.7 Å². The fourth-order valence-corrected chi connectivity index (χ4v) is 2.19. The van der Waals surface area contributed by atoms with E-state index >= 15 is 0 Å². The van der Waals surface area contributed by atoms with E-state index in [0.717, 1.165) is 0 Å². The fraction of sp³-hybridized carbons (Fsp3) is 0.0833. The van der Waals surface area contributed by atoms with Crippen molar-refractivity contribution in [2.45, 2.75) is 10.9 Å². The topological polar surface area (TPSA) is 80.9 Å². The van der Waals surface area contributed by atoms with E-state index in [1.54, 1.807) is 18.5 Å². The van der Waals surface area contributed by atoms with E-state index in [4.69, 9.17) is 5.84 Å². The summed E-state index contributed by atoms with van der Waals surface area (Å²) in [5, 5.41) is 0.551. The second-order valence-electron chi connectivity index (χ2n) is 3.60. The maximum atomic E-state index is 13.6. The molecule has 0 radical (unpaired) electrons. The smallest absolute Gasteiger partial charge is 0.265 e. The molecule has 5 nitrogen and oxygen atoms in total. The van der Waals surface area contributed by atoms with Gasteiger partial charge in [-0.15, -0.1) is 0 Å². The first-order valence-electron chi connectivity index (χ1n) is 5.40. The number of carbonyl (C=O) groups excluding carboxylic acids is 1. The van der Waals surface area contributed by atoms with Crippen LogP contribution in [0.5, 0.6) is 0 Å². The Bertz CT molecular complexity index is 579. The minimum absolute atomic E-state index is 0.313. The van der Waals surface area contributed by atoms with Crippen molar-refractivity contribution in [2.24, 2.45) is 5.84 Å². The molecule has 98 valence electrons. The van der Waals surface area contributed by atoms with Crippen molar-refractivity contribution in [3.8, 4) is 0 Å². The fourth-order valence-electron chi connectivity index (χ4n) is 1.41. The van der Waals surface area contributed by atoms with Gasteiger partial charge in [0.15, 0.2) is 5.16 Å². The molecule has 1 aromatic heterocycles. The van der Waals surface area contributed by atoms with Gasteiger partial charge in [0.2, 0.25) is 0 Å². The van der Waals surface area contributed by atoms with Crippen molar-refractivity contribution in [1.82, 2.24) is 15.4 Å². The Balaban J connectivity index is 2.13. The predicted octanol–water partition coefficient (Wildman–Crippen LogP) is 1.51. The van der Waals surface area contributed by atoms with Crippen LogP contribution in [0.3, 0.4) is 0 Å². The number of benzene rings is 1. The Labute approximate surface area is 113 Å². The molecule has 0 unspecified atom stereocenters. The van der Waals surface area contributed by atoms with Gasteiger partial charge >= 0.3 is 0 Å². The van der Waals surface area contributed by atoms with Crippen LogP contribution in [0.25, 0.3) is 0 Å². The monoisotopic (exact) mass is 278 g/mol. The molecule has 1 amide bonds. The molecule has 0 spiro atoms. The van der Waals surface area contributed by atoms with Crippen LogP contribution in [0.4, 0.5) is 4.39 Å². The number of hydrogen-bond acceptors (Lipinski definition) is 5. The van der Waals surface area contributed by atoms with Gasteiger partial charge in [0.1, 0.15) is 5.82 Å². The Morgan fingerprint density at radius 1 is 1.37 bits per heavy atom. The second-order valence-corrected chi connectivity index (χ2v) is 4.54. The molecule has 0 saturated carbocycles. The summed E-state index contributed by atoms with van der Waals surface area (Å²) >= 11 is 1.29. The Hall–Kier alpha value is -1.99. The summed E-state index contributed by atoms with van der Waals surface area (Å²) in [5.41, 5.74) is 2.72. The third-order valence-corrected chi connectivity index (χ3v) is 3.26. The Morgan fingerprint density at radius 3 is 2.79 bits per heavy atom. The van der Waals surface area contributed by atoms with Crippen LogP contribution in [-0.4, -0.2) is 15.9 Å². The molecular weight excluding hydrogens is 267 g/mol. The van der Waals surface area contributed by atoms with Gasteiger partial charge in [-0.25, -0.2) is 20.2 Å². The summed E-state index contributed by atoms with van der Waals surface area (Å²) in [5.74, 6) is 4.54. The highest BCUT2D eigenvalue weighted by molar-refractivity contribution is 7.98. The Kier molecular flexibility index (Phi) is 4.43. The zero-order valence-electron chi connectivity index (χ0n) is 9.84. The normalized spacial score (nSPS) is 10.2. The minimum Gasteiger partial charge on any atom is -0.290 e. The molecular formula is C12H11FN4OS. The highest BCUT2D eigenvalue weighted by Gasteiger charge is 2.09. The van der Waals surface area contributed by atoms with Gasteiger partial charge in [0.05, 0.1) is 0 Å². The SMILES string of the molecule is NNC(=O)c1ccc(F)c(CSc2ncccn2)c1. The molecule has 1 heterocycles. The van der Waals surface area contributed by atoms with Crippen molar-refractivity contribution in [2.75, 3.05) is 0 Å². The number of amides is 1. The average Bonchev–Trinajstić information content (AvgIpc) is 2.46. The third kappa shape index (κ3) is 3.49. The van der Waals surface area contributed by atoms with E-state index < -0.39 is 5.91 Å². The van der Waals surface area contributed by atoms with Gasteiger partial charge < -0.3 is 0 Å². The molecule has 1 aromatic carbocycles. The number of rotatable bonds is 4. The van der Waals surface area contributed by atoms with Gasteiger partial charge in [-0.05, 0) is 29.8 Å². The largest absolute Gasteiger partial charge is 0.290 e. The van der Waals surface area contributed by atoms with Gasteiger partial charge in [-0.2, -0.15) is 0 Å². The zero-order chi connectivity index (χ0) is 13.7. The molecule has 0 bridgehead atoms. The predicted molar refractivity (Wildman–Crippen MR) is 69.6 cm³/mol. The quantitative estimate of drug-likeness (QED) is 0.291. The summed E-state index contributed by atoms with van der Waals surface area (Å²) in [7, 11) is 0. The van der Waals surface area contributed by atoms with Gasteiger partial charge in [0, 0.05) is 23.7 Å². The minimum atomic E-state index is -0.456. The van der Waals surface area contributed by atoms with Crippen molar-refractivity contribution in [3.63, 3.8) is 0 Å². The summed E-state index contributed by atoms with van der Waals surface area (Å²) in [4.78, 5) is 19.4. The lowest BCUT2D eigenvalue weighted by molar-refractivity contribution is 0.0953. The van der Waals surface area contributed by atoms with Crippen LogP contribution in [0, 0.1) is 5.82 Å². The molecule has 3 N–H and O–H groups in total. The van der Waals surface area contributed by atoms with Crippen molar-refractivity contribution in [3.05, 3.63) is 53.6 Å². The number of nitrogens with two attached hydrogens (primary N) is 1. The maximum Gasteiger partial charge on any atom is 0.265 e. The summed E-state index contributed by atoms with van der Waals surface area (Å²) in [6.45, 7) is 0. The van der Waals surface area contributed by atoms with Gasteiger partial charge in [-0.1, -0.05) is 11.8 Å². The number of nitrogen functional groups attached to an aromatic ring is 1. The molecule has 0 fully saturated rings. The standard InChI is InChI=1S/C12H11FN4OS/c13-10-3-2-8(11(18)17-14)6-9(10)7-19-12-15-4-1-5-16-12/h1-6H,7,14H2,(H,17,18). The van der Waals surface area contributed by atoms with E-state index in [1.807, 2.05) is 5.43 Å². The van der Waals surface area contributed by atoms with Crippen molar-refractivity contribution < 1.29 is 9.18 Å². The summed E-state index contributed by atoms with van der Waals surface area (Å²) in [6, 6.07) is 5.79. The number of hydrazine groups is 1. The molecule has 7 heteroatoms. The third-order valence-electron chi connectivity index (χ3n) is 2.34. The van der Waals surface area contributed by atoms with E-state index in [0.29, 0.717) is 22.0 Å². The molecule has 0 saturated heterocycles. The zero-order valence-corrected chi connectivity index (χ0v) is 10.7. The van der Waals surface area contributed by atoms with Gasteiger partial charge in [0.25, 0.3) is 5.91 Å². The molecule has 0 atom stereocenters. The average molecular weight is 278 g/mol. The first kappa shape index (κ1) is 13.4. The first-order chi connectivity index (χ1) is 9.20. The summed E-state index contributed by atoms with van der Waals surface area (Å²) < 4.78 is 13.6. The van der Waals surface area contributed by atoms with Gasteiger partial charge in [-0.3, -0.25) is 10.2 Å². The van der Waals surface area contributed by atoms with E-state index in [-0.39, 0.29) is 5.82 Å². The molecule has 0 aliphatic heterocycles. The number of halogens is 1. The molecule has 2 aromatic rings. The second kappa shape index (κ2) is 6.26. The number of carbonyl (C=O) groups is 1. The lowest BCUT2D eigenvalue weighted by Crippen LogP contribution is -2.30. The number of nitrogens with one attached hydrogen (secondary N) is 1. The van der Waals surface area contributed by atoms with Crippen molar-refractivity contribution in [1.29, 1.82) is 0 Å². The highest BCUT2D eigenvalue weighted by atomic mass is 32.2. The lowest BCUT2D eigenvalue weighted by atomic mass is 10.1. The first-order valence-corrected chi connectivity index (χ1v) is 6.38. The summed E-state index contributed by atoms with van der Waals surface area (Å²) in [6.07, 6.45) is 3.23. The molecule has 0 aliphatic rings. The van der Waals surface area contributed by atoms with Crippen LogP contribution in [0.1, 0.15) is 15.9 Å². The molecule has 19 heavy (non-hydrogen) atoms. The van der Waals surface area contributed by atoms with E-state index in [2.05, 4.69) is 9.97 Å². The number of aromatic nitrogens is 2. The van der Waals surface area contributed by atoms with E-state index in [1.165, 1.54) is 30.0 Å². The lowest BCUT2D eigenvalue weighted by Gasteiger charge is -2.05. The molecule has 0 aliphatic carbocycles. The maximum absolute atomic E-state index is 13.6. The van der Waals surface area contributed by atoms with Crippen LogP contribution in [0.15, 0.2) is 41.8 Å². The molecule has 2 rings (SSSR count). The van der Waals surface area contributed by atoms with E-state index in [9.17, 15) is 9.18 Å². The Morgan fingerprint density at radius 2 is 2.11 bits per heavy atom. The van der Waals surface area contributed by atoms with Crippen LogP contribution >= 0.6 is 11.8 Å². The van der Waals surface area contributed by atoms with Crippen LogP contribution in [0.2, 0.25) is 0 Å². The number of thioether (sulfide) groups is 1. The van der Waals surface area contributed by atoms with Crippen LogP contribution < -0.4 is 11.3 Å². The van der Waals surface area contributed by atoms with Crippen LogP contribution in [-0.2, 0) is 5.75 Å².